The Labute approximate surface area is 158 Å². The number of guanidine groups is 1. The van der Waals surface area contributed by atoms with Crippen LogP contribution in [0.1, 0.15) is 39.5 Å². The van der Waals surface area contributed by atoms with E-state index in [4.69, 9.17) is 4.74 Å². The average Bonchev–Trinajstić information content (AvgIpc) is 3.10. The fraction of sp³-hybridized carbons (Fsp3) is 0.895. The lowest BCUT2D eigenvalue weighted by Gasteiger charge is -2.45. The van der Waals surface area contributed by atoms with Gasteiger partial charge in [0.1, 0.15) is 6.54 Å². The molecule has 150 valence electrons. The molecule has 1 saturated carbocycles. The number of nitrogens with zero attached hydrogens (tertiary/aromatic N) is 4. The lowest BCUT2D eigenvalue weighted by atomic mass is 10.1. The summed E-state index contributed by atoms with van der Waals surface area (Å²) in [5.41, 5.74) is 0. The highest BCUT2D eigenvalue weighted by atomic mass is 16.5. The second-order valence-corrected chi connectivity index (χ2v) is 7.89. The van der Waals surface area contributed by atoms with Gasteiger partial charge >= 0.3 is 0 Å². The molecule has 1 aliphatic carbocycles. The lowest BCUT2D eigenvalue weighted by Crippen LogP contribution is -2.61. The molecule has 2 unspecified atom stereocenters. The number of carbonyl (C=O) groups excluding carboxylic acids is 1. The van der Waals surface area contributed by atoms with Gasteiger partial charge in [-0.05, 0) is 26.7 Å². The fourth-order valence-corrected chi connectivity index (χ4v) is 3.94. The summed E-state index contributed by atoms with van der Waals surface area (Å²) >= 11 is 0. The molecule has 0 aromatic heterocycles. The van der Waals surface area contributed by atoms with Crippen LogP contribution in [0.4, 0.5) is 0 Å². The third kappa shape index (κ3) is 5.84. The standard InChI is InChI=1S/C19H37N5O2/c1-15-13-23(14-16(2)24(15)10-11-26-5)19(20-12-18(25)22(3)4)21-17-8-6-7-9-17/h15-17H,6-14H2,1-5H3,(H,20,21). The van der Waals surface area contributed by atoms with E-state index in [9.17, 15) is 4.79 Å². The number of hydrogen-bond donors (Lipinski definition) is 1. The lowest BCUT2D eigenvalue weighted by molar-refractivity contribution is -0.127. The predicted molar refractivity (Wildman–Crippen MR) is 105 cm³/mol. The summed E-state index contributed by atoms with van der Waals surface area (Å²) in [6, 6.07) is 1.34. The van der Waals surface area contributed by atoms with Gasteiger partial charge in [0.05, 0.1) is 6.61 Å². The molecule has 2 aliphatic rings. The molecule has 0 aromatic carbocycles. The summed E-state index contributed by atoms with van der Waals surface area (Å²) in [6.45, 7) is 8.27. The molecule has 0 aromatic rings. The normalized spacial score (nSPS) is 25.6. The summed E-state index contributed by atoms with van der Waals surface area (Å²) in [5, 5.41) is 3.64. The monoisotopic (exact) mass is 367 g/mol. The van der Waals surface area contributed by atoms with Crippen LogP contribution >= 0.6 is 0 Å². The molecule has 7 nitrogen and oxygen atoms in total. The van der Waals surface area contributed by atoms with E-state index in [0.29, 0.717) is 18.1 Å². The highest BCUT2D eigenvalue weighted by Gasteiger charge is 2.31. The Morgan fingerprint density at radius 1 is 1.19 bits per heavy atom. The van der Waals surface area contributed by atoms with Crippen molar-refractivity contribution in [3.8, 4) is 0 Å². The number of aliphatic imine (C=N–C) groups is 1. The Balaban J connectivity index is 2.06. The molecule has 7 heteroatoms. The molecule has 0 bridgehead atoms. The Bertz CT molecular complexity index is 465. The number of carbonyl (C=O) groups is 1. The second-order valence-electron chi connectivity index (χ2n) is 7.89. The van der Waals surface area contributed by atoms with E-state index in [1.807, 2.05) is 0 Å². The minimum atomic E-state index is 0.0375. The Hall–Kier alpha value is -1.34. The topological polar surface area (TPSA) is 60.4 Å². The van der Waals surface area contributed by atoms with E-state index in [1.165, 1.54) is 25.7 Å². The molecule has 0 spiro atoms. The minimum Gasteiger partial charge on any atom is -0.383 e. The first-order chi connectivity index (χ1) is 12.4. The zero-order chi connectivity index (χ0) is 19.1. The van der Waals surface area contributed by atoms with Crippen molar-refractivity contribution in [3.63, 3.8) is 0 Å². The molecule has 2 fully saturated rings. The maximum Gasteiger partial charge on any atom is 0.243 e. The number of rotatable bonds is 6. The first-order valence-corrected chi connectivity index (χ1v) is 9.93. The van der Waals surface area contributed by atoms with Gasteiger partial charge in [-0.2, -0.15) is 0 Å². The molecule has 1 saturated heterocycles. The summed E-state index contributed by atoms with van der Waals surface area (Å²) in [4.78, 5) is 23.1. The van der Waals surface area contributed by atoms with Crippen molar-refractivity contribution in [2.75, 3.05) is 54.0 Å². The van der Waals surface area contributed by atoms with Gasteiger partial charge in [-0.25, -0.2) is 4.99 Å². The van der Waals surface area contributed by atoms with E-state index in [1.54, 1.807) is 26.1 Å². The van der Waals surface area contributed by atoms with Gasteiger partial charge in [-0.1, -0.05) is 12.8 Å². The van der Waals surface area contributed by atoms with Crippen LogP contribution in [0.3, 0.4) is 0 Å². The van der Waals surface area contributed by atoms with Crippen LogP contribution in [-0.4, -0.2) is 98.7 Å². The molecular formula is C19H37N5O2. The van der Waals surface area contributed by atoms with Crippen molar-refractivity contribution in [1.29, 1.82) is 0 Å². The van der Waals surface area contributed by atoms with E-state index in [2.05, 4.69) is 34.0 Å². The smallest absolute Gasteiger partial charge is 0.243 e. The number of likely N-dealkylation sites (N-methyl/N-ethyl adjacent to an activating group) is 1. The van der Waals surface area contributed by atoms with Crippen molar-refractivity contribution < 1.29 is 9.53 Å². The summed E-state index contributed by atoms with van der Waals surface area (Å²) in [7, 11) is 5.31. The van der Waals surface area contributed by atoms with E-state index >= 15 is 0 Å². The van der Waals surface area contributed by atoms with E-state index < -0.39 is 0 Å². The van der Waals surface area contributed by atoms with Gasteiger partial charge in [0.2, 0.25) is 5.91 Å². The maximum atomic E-state index is 12.0. The number of methoxy groups -OCH3 is 1. The summed E-state index contributed by atoms with van der Waals surface area (Å²) in [6.07, 6.45) is 4.94. The van der Waals surface area contributed by atoms with Crippen molar-refractivity contribution in [3.05, 3.63) is 0 Å². The van der Waals surface area contributed by atoms with Gasteiger partial charge < -0.3 is 19.9 Å². The Kier molecular flexibility index (Phi) is 8.15. The molecular weight excluding hydrogens is 330 g/mol. The van der Waals surface area contributed by atoms with E-state index in [-0.39, 0.29) is 12.5 Å². The van der Waals surface area contributed by atoms with Gasteiger partial charge in [0.25, 0.3) is 0 Å². The highest BCUT2D eigenvalue weighted by Crippen LogP contribution is 2.20. The molecule has 1 aliphatic heterocycles. The summed E-state index contributed by atoms with van der Waals surface area (Å²) < 4.78 is 5.26. The van der Waals surface area contributed by atoms with Crippen LogP contribution in [0, 0.1) is 0 Å². The number of nitrogens with one attached hydrogen (secondary N) is 1. The Morgan fingerprint density at radius 3 is 2.35 bits per heavy atom. The quantitative estimate of drug-likeness (QED) is 0.561. The largest absolute Gasteiger partial charge is 0.383 e. The number of piperazine rings is 1. The number of hydrogen-bond acceptors (Lipinski definition) is 4. The van der Waals surface area contributed by atoms with Crippen LogP contribution in [0.25, 0.3) is 0 Å². The van der Waals surface area contributed by atoms with Gasteiger partial charge in [-0.3, -0.25) is 9.69 Å². The number of ether oxygens (including phenoxy) is 1. The molecule has 26 heavy (non-hydrogen) atoms. The predicted octanol–water partition coefficient (Wildman–Crippen LogP) is 1.00. The fourth-order valence-electron chi connectivity index (χ4n) is 3.94. The number of amides is 1. The zero-order valence-electron chi connectivity index (χ0n) is 17.2. The van der Waals surface area contributed by atoms with Crippen molar-refractivity contribution in [2.45, 2.75) is 57.7 Å². The SMILES string of the molecule is COCCN1C(C)CN(C(=NCC(=O)N(C)C)NC2CCCC2)CC1C. The van der Waals surface area contributed by atoms with Crippen LogP contribution < -0.4 is 5.32 Å². The third-order valence-corrected chi connectivity index (χ3v) is 5.51. The maximum absolute atomic E-state index is 12.0. The van der Waals surface area contributed by atoms with Crippen molar-refractivity contribution in [2.24, 2.45) is 4.99 Å². The highest BCUT2D eigenvalue weighted by molar-refractivity contribution is 5.85. The first-order valence-electron chi connectivity index (χ1n) is 9.93. The van der Waals surface area contributed by atoms with Crippen LogP contribution in [0.5, 0.6) is 0 Å². The first kappa shape index (κ1) is 21.0. The molecule has 1 N–H and O–H groups in total. The zero-order valence-corrected chi connectivity index (χ0v) is 17.2. The van der Waals surface area contributed by atoms with Gasteiger partial charge in [0, 0.05) is 59.0 Å². The molecule has 0 radical (unpaired) electrons. The third-order valence-electron chi connectivity index (χ3n) is 5.51. The molecule has 1 heterocycles. The minimum absolute atomic E-state index is 0.0375. The van der Waals surface area contributed by atoms with Crippen molar-refractivity contribution in [1.82, 2.24) is 20.0 Å². The van der Waals surface area contributed by atoms with Crippen LogP contribution in [-0.2, 0) is 9.53 Å². The van der Waals surface area contributed by atoms with Crippen LogP contribution in [0.15, 0.2) is 4.99 Å². The molecule has 2 atom stereocenters. The summed E-state index contributed by atoms with van der Waals surface area (Å²) in [5.74, 6) is 0.938. The molecule has 1 amide bonds. The van der Waals surface area contributed by atoms with Crippen molar-refractivity contribution >= 4 is 11.9 Å². The average molecular weight is 368 g/mol. The molecule has 2 rings (SSSR count). The van der Waals surface area contributed by atoms with E-state index in [0.717, 1.165) is 32.2 Å². The Morgan fingerprint density at radius 2 is 1.81 bits per heavy atom. The second kappa shape index (κ2) is 10.1. The van der Waals surface area contributed by atoms with Gasteiger partial charge in [0.15, 0.2) is 5.96 Å². The van der Waals surface area contributed by atoms with Gasteiger partial charge in [-0.15, -0.1) is 0 Å². The van der Waals surface area contributed by atoms with Crippen LogP contribution in [0.2, 0.25) is 0 Å².